The van der Waals surface area contributed by atoms with Gasteiger partial charge in [0.05, 0.1) is 33.5 Å². The fourth-order valence-electron chi connectivity index (χ4n) is 8.08. The lowest BCUT2D eigenvalue weighted by atomic mass is 10.0. The largest absolute Gasteiger partial charge is 0.418 e. The van der Waals surface area contributed by atoms with Gasteiger partial charge in [-0.05, 0) is 133 Å². The summed E-state index contributed by atoms with van der Waals surface area (Å²) in [5, 5.41) is 3.45. The highest BCUT2D eigenvalue weighted by Gasteiger charge is 2.36. The molecule has 0 aliphatic carbocycles. The number of fused-ring (bicyclic) bond motifs is 4. The number of nitrogens with zero attached hydrogens (tertiary/aromatic N) is 3. The molecule has 0 radical (unpaired) electrons. The molecule has 0 saturated carbocycles. The summed E-state index contributed by atoms with van der Waals surface area (Å²) in [5.74, 6) is 0. The normalized spacial score (nSPS) is 12.1. The van der Waals surface area contributed by atoms with Gasteiger partial charge in [-0.15, -0.1) is 0 Å². The molecule has 0 aliphatic heterocycles. The molecule has 0 fully saturated rings. The molecule has 1 heterocycles. The van der Waals surface area contributed by atoms with Gasteiger partial charge in [0.25, 0.3) is 0 Å². The van der Waals surface area contributed by atoms with E-state index in [9.17, 15) is 26.3 Å². The topological polar surface area (TPSA) is 11.4 Å². The van der Waals surface area contributed by atoms with Crippen molar-refractivity contribution >= 4 is 66.7 Å². The first-order valence-electron chi connectivity index (χ1n) is 19.0. The molecule has 0 N–H and O–H groups in total. The molecule has 1 aromatic heterocycles. The van der Waals surface area contributed by atoms with Gasteiger partial charge in [-0.25, -0.2) is 0 Å². The highest BCUT2D eigenvalue weighted by Crippen LogP contribution is 2.47. The van der Waals surface area contributed by atoms with Crippen molar-refractivity contribution < 1.29 is 26.3 Å². The van der Waals surface area contributed by atoms with Crippen LogP contribution in [0, 0.1) is 13.8 Å². The Labute approximate surface area is 336 Å². The lowest BCUT2D eigenvalue weighted by Gasteiger charge is -2.28. The number of alkyl halides is 6. The van der Waals surface area contributed by atoms with Crippen molar-refractivity contribution in [3.05, 3.63) is 198 Å². The molecule has 59 heavy (non-hydrogen) atoms. The molecule has 292 valence electrons. The van der Waals surface area contributed by atoms with Crippen LogP contribution in [0.25, 0.3) is 38.3 Å². The molecule has 0 unspecified atom stereocenters. The van der Waals surface area contributed by atoms with Gasteiger partial charge in [-0.3, -0.25) is 0 Å². The van der Waals surface area contributed by atoms with Crippen molar-refractivity contribution in [3.63, 3.8) is 0 Å². The minimum atomic E-state index is -4.61. The summed E-state index contributed by atoms with van der Waals surface area (Å²) in [5.41, 5.74) is 4.93. The molecule has 0 atom stereocenters. The lowest BCUT2D eigenvalue weighted by molar-refractivity contribution is -0.137. The summed E-state index contributed by atoms with van der Waals surface area (Å²) >= 11 is 0. The summed E-state index contributed by atoms with van der Waals surface area (Å²) in [6, 6.07) is 51.1. The number of halogens is 6. The van der Waals surface area contributed by atoms with Crippen molar-refractivity contribution in [1.29, 1.82) is 0 Å². The van der Waals surface area contributed by atoms with Gasteiger partial charge in [0.15, 0.2) is 0 Å². The van der Waals surface area contributed by atoms with Crippen LogP contribution in [0.15, 0.2) is 176 Å². The predicted molar refractivity (Wildman–Crippen MR) is 227 cm³/mol. The minimum Gasteiger partial charge on any atom is -0.310 e. The second kappa shape index (κ2) is 14.4. The van der Waals surface area contributed by atoms with Crippen LogP contribution in [-0.2, 0) is 12.4 Å². The molecule has 9 rings (SSSR count). The van der Waals surface area contributed by atoms with Crippen LogP contribution in [0.4, 0.5) is 60.5 Å². The van der Waals surface area contributed by atoms with Gasteiger partial charge in [0.1, 0.15) is 0 Å². The van der Waals surface area contributed by atoms with Gasteiger partial charge in [-0.2, -0.15) is 26.3 Å². The van der Waals surface area contributed by atoms with E-state index in [1.807, 2.05) is 123 Å². The smallest absolute Gasteiger partial charge is 0.310 e. The van der Waals surface area contributed by atoms with E-state index in [-0.39, 0.29) is 11.4 Å². The van der Waals surface area contributed by atoms with Crippen molar-refractivity contribution in [2.75, 3.05) is 9.80 Å². The SMILES string of the molecule is Cc1cccc(N(c2ccc3cc4c5ccc(N(c6cccc(C)c6)c6ccccc6C(F)(F)F)cc5n(-c5ccccc5)c4cc3c2)c2ccccc2C(F)(F)F)c1. The van der Waals surface area contributed by atoms with E-state index in [0.29, 0.717) is 22.7 Å². The lowest BCUT2D eigenvalue weighted by Crippen LogP contribution is -2.16. The fraction of sp³-hybridized carbons (Fsp3) is 0.0800. The van der Waals surface area contributed by atoms with E-state index in [4.69, 9.17) is 0 Å². The Morgan fingerprint density at radius 1 is 0.390 bits per heavy atom. The number of aryl methyl sites for hydroxylation is 2. The van der Waals surface area contributed by atoms with E-state index in [1.54, 1.807) is 34.1 Å². The number of hydrogen-bond donors (Lipinski definition) is 0. The number of hydrogen-bond acceptors (Lipinski definition) is 2. The first-order chi connectivity index (χ1) is 28.3. The monoisotopic (exact) mass is 791 g/mol. The van der Waals surface area contributed by atoms with Crippen molar-refractivity contribution in [1.82, 2.24) is 4.57 Å². The van der Waals surface area contributed by atoms with Crippen LogP contribution in [0.3, 0.4) is 0 Å². The van der Waals surface area contributed by atoms with Crippen LogP contribution >= 0.6 is 0 Å². The van der Waals surface area contributed by atoms with Crippen LogP contribution in [0.1, 0.15) is 22.3 Å². The third-order valence-corrected chi connectivity index (χ3v) is 10.6. The molecular weight excluding hydrogens is 757 g/mol. The average Bonchev–Trinajstić information content (AvgIpc) is 3.52. The molecule has 0 saturated heterocycles. The molecule has 0 spiro atoms. The number of aromatic nitrogens is 1. The third kappa shape index (κ3) is 6.92. The summed E-state index contributed by atoms with van der Waals surface area (Å²) in [6.45, 7) is 3.80. The van der Waals surface area contributed by atoms with Crippen LogP contribution in [-0.4, -0.2) is 4.57 Å². The summed E-state index contributed by atoms with van der Waals surface area (Å²) in [6.07, 6.45) is -9.20. The minimum absolute atomic E-state index is 0.00205. The predicted octanol–water partition coefficient (Wildman–Crippen LogP) is 15.5. The number of rotatable bonds is 7. The quantitative estimate of drug-likeness (QED) is 0.149. The Kier molecular flexibility index (Phi) is 9.19. The Bertz CT molecular complexity index is 3020. The summed E-state index contributed by atoms with van der Waals surface area (Å²) in [7, 11) is 0. The molecular formula is C50H35F6N3. The maximum absolute atomic E-state index is 14.6. The van der Waals surface area contributed by atoms with E-state index < -0.39 is 23.5 Å². The van der Waals surface area contributed by atoms with Crippen LogP contribution in [0.5, 0.6) is 0 Å². The molecule has 0 aliphatic rings. The zero-order valence-electron chi connectivity index (χ0n) is 31.9. The highest BCUT2D eigenvalue weighted by atomic mass is 19.4. The van der Waals surface area contributed by atoms with E-state index in [0.717, 1.165) is 61.5 Å². The molecule has 0 amide bonds. The number of anilines is 6. The maximum Gasteiger partial charge on any atom is 0.418 e. The van der Waals surface area contributed by atoms with Gasteiger partial charge < -0.3 is 14.4 Å². The molecule has 9 heteroatoms. The second-order valence-corrected chi connectivity index (χ2v) is 14.7. The molecule has 0 bridgehead atoms. The third-order valence-electron chi connectivity index (χ3n) is 10.6. The maximum atomic E-state index is 14.6. The Morgan fingerprint density at radius 2 is 0.881 bits per heavy atom. The standard InChI is InChI=1S/C50H35F6N3/c1-32-12-10-16-37(26-32)57(45-20-8-6-18-43(45)49(51,52)53)39-23-22-34-29-42-41-25-24-40(31-48(41)59(36-14-4-3-5-15-36)47(42)30-35(34)28-39)58(38-17-11-13-33(2)27-38)46-21-9-7-19-44(46)50(54,55)56/h3-31H,1-2H3. The van der Waals surface area contributed by atoms with Crippen LogP contribution in [0.2, 0.25) is 0 Å². The number of benzene rings is 8. The molecule has 3 nitrogen and oxygen atoms in total. The summed E-state index contributed by atoms with van der Waals surface area (Å²) < 4.78 is 89.5. The second-order valence-electron chi connectivity index (χ2n) is 14.7. The van der Waals surface area contributed by atoms with Gasteiger partial charge in [0, 0.05) is 39.2 Å². The van der Waals surface area contributed by atoms with Crippen molar-refractivity contribution in [2.45, 2.75) is 26.2 Å². The fourth-order valence-corrected chi connectivity index (χ4v) is 8.08. The molecule has 8 aromatic carbocycles. The zero-order chi connectivity index (χ0) is 41.1. The Balaban J connectivity index is 1.29. The highest BCUT2D eigenvalue weighted by molar-refractivity contribution is 6.14. The first kappa shape index (κ1) is 37.6. The van der Waals surface area contributed by atoms with E-state index >= 15 is 0 Å². The van der Waals surface area contributed by atoms with Gasteiger partial charge in [0.2, 0.25) is 0 Å². The average molecular weight is 792 g/mol. The molecule has 9 aromatic rings. The Hall–Kier alpha value is -7.00. The summed E-state index contributed by atoms with van der Waals surface area (Å²) in [4.78, 5) is 3.28. The number of para-hydroxylation sites is 3. The van der Waals surface area contributed by atoms with E-state index in [2.05, 4.69) is 10.6 Å². The Morgan fingerprint density at radius 3 is 1.44 bits per heavy atom. The van der Waals surface area contributed by atoms with Crippen molar-refractivity contribution in [3.8, 4) is 5.69 Å². The van der Waals surface area contributed by atoms with Gasteiger partial charge in [-0.1, -0.05) is 78.9 Å². The van der Waals surface area contributed by atoms with Gasteiger partial charge >= 0.3 is 12.4 Å². The first-order valence-corrected chi connectivity index (χ1v) is 19.0. The van der Waals surface area contributed by atoms with E-state index in [1.165, 1.54) is 24.3 Å². The zero-order valence-corrected chi connectivity index (χ0v) is 31.9. The van der Waals surface area contributed by atoms with Crippen molar-refractivity contribution in [2.24, 2.45) is 0 Å². The van der Waals surface area contributed by atoms with Crippen LogP contribution < -0.4 is 9.80 Å².